The second-order valence-corrected chi connectivity index (χ2v) is 9.01. The molecule has 0 aliphatic heterocycles. The van der Waals surface area contributed by atoms with Gasteiger partial charge in [0.15, 0.2) is 11.0 Å². The minimum atomic E-state index is -0.213. The molecule has 0 bridgehead atoms. The summed E-state index contributed by atoms with van der Waals surface area (Å²) in [5.41, 5.74) is 2.24. The summed E-state index contributed by atoms with van der Waals surface area (Å²) in [6.45, 7) is 0. The van der Waals surface area contributed by atoms with E-state index in [1.165, 1.54) is 11.8 Å². The summed E-state index contributed by atoms with van der Waals surface area (Å²) < 4.78 is 7.13. The van der Waals surface area contributed by atoms with E-state index in [1.807, 2.05) is 41.0 Å². The molecule has 0 spiro atoms. The SMILES string of the molecule is COc1ccc(-c2nnc(SCC(=O)Nc3ccc(Cl)c(Cl)c3)n2-c2ccc(Cl)cc2)cc1. The molecule has 0 atom stereocenters. The molecular formula is C23H17Cl3N4O2S. The van der Waals surface area contributed by atoms with Crippen LogP contribution in [0.4, 0.5) is 5.69 Å². The summed E-state index contributed by atoms with van der Waals surface area (Å²) in [6.07, 6.45) is 0. The Morgan fingerprint density at radius 2 is 1.70 bits per heavy atom. The van der Waals surface area contributed by atoms with Crippen LogP contribution >= 0.6 is 46.6 Å². The van der Waals surface area contributed by atoms with Crippen molar-refractivity contribution in [1.82, 2.24) is 14.8 Å². The first-order chi connectivity index (χ1) is 15.9. The lowest BCUT2D eigenvalue weighted by molar-refractivity contribution is -0.113. The maximum atomic E-state index is 12.5. The molecule has 1 amide bonds. The van der Waals surface area contributed by atoms with Crippen LogP contribution in [0, 0.1) is 0 Å². The third-order valence-electron chi connectivity index (χ3n) is 4.60. The Bertz CT molecular complexity index is 1280. The lowest BCUT2D eigenvalue weighted by Crippen LogP contribution is -2.14. The molecule has 0 saturated carbocycles. The summed E-state index contributed by atoms with van der Waals surface area (Å²) in [6, 6.07) is 19.8. The van der Waals surface area contributed by atoms with Gasteiger partial charge in [0.2, 0.25) is 5.91 Å². The van der Waals surface area contributed by atoms with Crippen LogP contribution in [0.2, 0.25) is 15.1 Å². The van der Waals surface area contributed by atoms with E-state index in [-0.39, 0.29) is 11.7 Å². The third kappa shape index (κ3) is 5.62. The van der Waals surface area contributed by atoms with Crippen molar-refractivity contribution in [1.29, 1.82) is 0 Å². The number of rotatable bonds is 7. The highest BCUT2D eigenvalue weighted by Gasteiger charge is 2.18. The summed E-state index contributed by atoms with van der Waals surface area (Å²) in [5, 5.41) is 13.5. The molecule has 0 aliphatic carbocycles. The van der Waals surface area contributed by atoms with Crippen molar-refractivity contribution in [2.24, 2.45) is 0 Å². The number of nitrogens with one attached hydrogen (secondary N) is 1. The number of anilines is 1. The fourth-order valence-electron chi connectivity index (χ4n) is 3.01. The number of hydrogen-bond donors (Lipinski definition) is 1. The average Bonchev–Trinajstić information content (AvgIpc) is 3.24. The van der Waals surface area contributed by atoms with Gasteiger partial charge >= 0.3 is 0 Å². The van der Waals surface area contributed by atoms with Crippen molar-refractivity contribution in [3.05, 3.63) is 81.8 Å². The second-order valence-electron chi connectivity index (χ2n) is 6.81. The van der Waals surface area contributed by atoms with Gasteiger partial charge in [-0.15, -0.1) is 10.2 Å². The van der Waals surface area contributed by atoms with Crippen molar-refractivity contribution in [3.63, 3.8) is 0 Å². The Labute approximate surface area is 209 Å². The van der Waals surface area contributed by atoms with Crippen molar-refractivity contribution in [3.8, 4) is 22.8 Å². The Hall–Kier alpha value is -2.71. The lowest BCUT2D eigenvalue weighted by atomic mass is 10.2. The molecule has 6 nitrogen and oxygen atoms in total. The Balaban J connectivity index is 1.59. The van der Waals surface area contributed by atoms with Gasteiger partial charge in [-0.25, -0.2) is 0 Å². The minimum absolute atomic E-state index is 0.120. The number of ether oxygens (including phenoxy) is 1. The summed E-state index contributed by atoms with van der Waals surface area (Å²) in [4.78, 5) is 12.5. The number of amides is 1. The van der Waals surface area contributed by atoms with E-state index in [2.05, 4.69) is 15.5 Å². The number of hydrogen-bond acceptors (Lipinski definition) is 5. The smallest absolute Gasteiger partial charge is 0.234 e. The van der Waals surface area contributed by atoms with E-state index in [0.717, 1.165) is 17.0 Å². The molecule has 0 unspecified atom stereocenters. The molecule has 0 saturated heterocycles. The molecule has 0 fully saturated rings. The van der Waals surface area contributed by atoms with Crippen LogP contribution in [-0.4, -0.2) is 33.5 Å². The van der Waals surface area contributed by atoms with Crippen molar-refractivity contribution < 1.29 is 9.53 Å². The molecule has 0 aliphatic rings. The topological polar surface area (TPSA) is 69.0 Å². The molecule has 4 aromatic rings. The second kappa shape index (κ2) is 10.5. The molecular weight excluding hydrogens is 503 g/mol. The van der Waals surface area contributed by atoms with Crippen LogP contribution in [0.1, 0.15) is 0 Å². The van der Waals surface area contributed by atoms with Crippen LogP contribution in [-0.2, 0) is 4.79 Å². The number of methoxy groups -OCH3 is 1. The number of aromatic nitrogens is 3. The standard InChI is InChI=1S/C23H17Cl3N4O2S/c1-32-18-9-2-14(3-10-18)22-28-29-23(30(22)17-7-4-15(24)5-8-17)33-13-21(31)27-16-6-11-19(25)20(26)12-16/h2-12H,13H2,1H3,(H,27,31). The molecule has 1 N–H and O–H groups in total. The summed E-state index contributed by atoms with van der Waals surface area (Å²) in [7, 11) is 1.61. The Morgan fingerprint density at radius 1 is 0.970 bits per heavy atom. The maximum Gasteiger partial charge on any atom is 0.234 e. The quantitative estimate of drug-likeness (QED) is 0.277. The summed E-state index contributed by atoms with van der Waals surface area (Å²) >= 11 is 19.3. The normalized spacial score (nSPS) is 10.8. The van der Waals surface area contributed by atoms with E-state index in [1.54, 1.807) is 37.4 Å². The van der Waals surface area contributed by atoms with Gasteiger partial charge in [0, 0.05) is 22.0 Å². The molecule has 10 heteroatoms. The fourth-order valence-corrected chi connectivity index (χ4v) is 4.19. The number of nitrogens with zero attached hydrogens (tertiary/aromatic N) is 3. The number of carbonyl (C=O) groups is 1. The van der Waals surface area contributed by atoms with Crippen LogP contribution in [0.5, 0.6) is 5.75 Å². The van der Waals surface area contributed by atoms with Gasteiger partial charge in [-0.2, -0.15) is 0 Å². The molecule has 3 aromatic carbocycles. The van der Waals surface area contributed by atoms with Crippen LogP contribution in [0.15, 0.2) is 71.9 Å². The van der Waals surface area contributed by atoms with Crippen LogP contribution in [0.25, 0.3) is 17.1 Å². The predicted octanol–water partition coefficient (Wildman–Crippen LogP) is 6.63. The van der Waals surface area contributed by atoms with Crippen LogP contribution in [0.3, 0.4) is 0 Å². The highest BCUT2D eigenvalue weighted by molar-refractivity contribution is 7.99. The van der Waals surface area contributed by atoms with E-state index < -0.39 is 0 Å². The number of benzene rings is 3. The molecule has 1 heterocycles. The van der Waals surface area contributed by atoms with Gasteiger partial charge in [0.05, 0.1) is 22.9 Å². The lowest BCUT2D eigenvalue weighted by Gasteiger charge is -2.11. The van der Waals surface area contributed by atoms with Crippen molar-refractivity contribution in [2.75, 3.05) is 18.2 Å². The zero-order valence-electron chi connectivity index (χ0n) is 17.3. The van der Waals surface area contributed by atoms with E-state index >= 15 is 0 Å². The molecule has 168 valence electrons. The highest BCUT2D eigenvalue weighted by Crippen LogP contribution is 2.30. The fraction of sp³-hybridized carbons (Fsp3) is 0.0870. The molecule has 4 rings (SSSR count). The van der Waals surface area contributed by atoms with Gasteiger partial charge in [-0.3, -0.25) is 9.36 Å². The minimum Gasteiger partial charge on any atom is -0.497 e. The predicted molar refractivity (Wildman–Crippen MR) is 134 cm³/mol. The van der Waals surface area contributed by atoms with E-state index in [4.69, 9.17) is 39.5 Å². The van der Waals surface area contributed by atoms with Gasteiger partial charge < -0.3 is 10.1 Å². The maximum absolute atomic E-state index is 12.5. The average molecular weight is 520 g/mol. The first-order valence-corrected chi connectivity index (χ1v) is 11.8. The van der Waals surface area contributed by atoms with Gasteiger partial charge in [0.1, 0.15) is 5.75 Å². The van der Waals surface area contributed by atoms with Gasteiger partial charge in [-0.1, -0.05) is 46.6 Å². The Kier molecular flexibility index (Phi) is 7.45. The highest BCUT2D eigenvalue weighted by atomic mass is 35.5. The monoisotopic (exact) mass is 518 g/mol. The first-order valence-electron chi connectivity index (χ1n) is 9.68. The van der Waals surface area contributed by atoms with Crippen molar-refractivity contribution in [2.45, 2.75) is 5.16 Å². The molecule has 1 aromatic heterocycles. The molecule has 0 radical (unpaired) electrons. The number of carbonyl (C=O) groups excluding carboxylic acids is 1. The van der Waals surface area contributed by atoms with Gasteiger partial charge in [-0.05, 0) is 66.7 Å². The summed E-state index contributed by atoms with van der Waals surface area (Å²) in [5.74, 6) is 1.28. The van der Waals surface area contributed by atoms with E-state index in [0.29, 0.717) is 31.7 Å². The Morgan fingerprint density at radius 3 is 2.36 bits per heavy atom. The zero-order valence-corrected chi connectivity index (χ0v) is 20.3. The van der Waals surface area contributed by atoms with E-state index in [9.17, 15) is 4.79 Å². The number of halogens is 3. The van der Waals surface area contributed by atoms with Gasteiger partial charge in [0.25, 0.3) is 0 Å². The molecule has 33 heavy (non-hydrogen) atoms. The number of thioether (sulfide) groups is 1. The first kappa shape index (κ1) is 23.4. The van der Waals surface area contributed by atoms with Crippen LogP contribution < -0.4 is 10.1 Å². The largest absolute Gasteiger partial charge is 0.497 e. The zero-order chi connectivity index (χ0) is 23.4. The third-order valence-corrected chi connectivity index (χ3v) is 6.52. The van der Waals surface area contributed by atoms with Crippen molar-refractivity contribution >= 4 is 58.2 Å².